The quantitative estimate of drug-likeness (QED) is 0.322. The molecule has 6 nitrogen and oxygen atoms in total. The fourth-order valence-corrected chi connectivity index (χ4v) is 3.33. The Bertz CT molecular complexity index is 457. The number of hydrogen-bond donors (Lipinski definition) is 0. The molecule has 0 aliphatic rings. The molecule has 7 heteroatoms. The van der Waals surface area contributed by atoms with Gasteiger partial charge in [-0.1, -0.05) is 34.6 Å². The molecule has 0 aliphatic carbocycles. The first-order chi connectivity index (χ1) is 11.7. The molecule has 0 aromatic heterocycles. The van der Waals surface area contributed by atoms with Crippen molar-refractivity contribution in [1.29, 1.82) is 0 Å². The first kappa shape index (κ1) is 25.1. The summed E-state index contributed by atoms with van der Waals surface area (Å²) < 4.78 is 16.8. The minimum Gasteiger partial charge on any atom is -0.425 e. The molecule has 0 heterocycles. The predicted molar refractivity (Wildman–Crippen MR) is 106 cm³/mol. The van der Waals surface area contributed by atoms with Gasteiger partial charge in [-0.15, -0.1) is 0 Å². The molecule has 0 radical (unpaired) electrons. The smallest absolute Gasteiger partial charge is 0.311 e. The van der Waals surface area contributed by atoms with Crippen molar-refractivity contribution in [2.45, 2.75) is 84.9 Å². The average molecular weight is 390 g/mol. The summed E-state index contributed by atoms with van der Waals surface area (Å²) in [5.74, 6) is -1.05. The van der Waals surface area contributed by atoms with Crippen molar-refractivity contribution < 1.29 is 23.5 Å². The van der Waals surface area contributed by atoms with Crippen molar-refractivity contribution in [1.82, 2.24) is 4.90 Å². The fraction of sp³-hybridized carbons (Fsp3) is 0.895. The Morgan fingerprint density at radius 3 is 2.00 bits per heavy atom. The molecule has 26 heavy (non-hydrogen) atoms. The number of esters is 2. The Morgan fingerprint density at radius 1 is 1.04 bits per heavy atom. The zero-order valence-corrected chi connectivity index (χ0v) is 19.3. The molecule has 0 N–H and O–H groups in total. The van der Waals surface area contributed by atoms with Crippen LogP contribution in [-0.2, 0) is 23.5 Å². The lowest BCUT2D eigenvalue weighted by molar-refractivity contribution is -0.187. The standard InChI is InChI=1S/C19H39NO5Si/c1-14(2)18(22)24-15(3)23-17(21)13-16(11-12-20(7)8)25-26(9,10)19(4,5)6/h14-16H,11-13H2,1-10H3/t15?,16-/m0/s1. The highest BCUT2D eigenvalue weighted by Crippen LogP contribution is 2.38. The first-order valence-corrected chi connectivity index (χ1v) is 12.3. The molecule has 0 saturated carbocycles. The van der Waals surface area contributed by atoms with Crippen molar-refractivity contribution in [2.24, 2.45) is 5.92 Å². The normalized spacial score (nSPS) is 15.1. The molecule has 0 aliphatic heterocycles. The molecule has 1 unspecified atom stereocenters. The molecule has 0 saturated heterocycles. The topological polar surface area (TPSA) is 65.1 Å². The molecule has 0 rings (SSSR count). The Kier molecular flexibility index (Phi) is 10.1. The SMILES string of the molecule is CC(OC(=O)C[C@H](CCN(C)C)O[Si](C)(C)C(C)(C)C)OC(=O)C(C)C. The van der Waals surface area contributed by atoms with E-state index in [9.17, 15) is 9.59 Å². The van der Waals surface area contributed by atoms with E-state index >= 15 is 0 Å². The van der Waals surface area contributed by atoms with E-state index in [0.29, 0.717) is 0 Å². The van der Waals surface area contributed by atoms with Crippen LogP contribution in [0.25, 0.3) is 0 Å². The summed E-state index contributed by atoms with van der Waals surface area (Å²) >= 11 is 0. The Hall–Kier alpha value is -0.923. The summed E-state index contributed by atoms with van der Waals surface area (Å²) in [5.41, 5.74) is 0. The maximum Gasteiger partial charge on any atom is 0.311 e. The van der Waals surface area contributed by atoms with Crippen LogP contribution in [0.4, 0.5) is 0 Å². The summed E-state index contributed by atoms with van der Waals surface area (Å²) in [5, 5.41) is 0.0629. The van der Waals surface area contributed by atoms with E-state index in [1.165, 1.54) is 0 Å². The minimum absolute atomic E-state index is 0.0629. The van der Waals surface area contributed by atoms with E-state index in [4.69, 9.17) is 13.9 Å². The number of rotatable bonds is 10. The van der Waals surface area contributed by atoms with E-state index in [0.717, 1.165) is 13.0 Å². The maximum atomic E-state index is 12.3. The van der Waals surface area contributed by atoms with Gasteiger partial charge in [0.15, 0.2) is 8.32 Å². The third kappa shape index (κ3) is 9.69. The van der Waals surface area contributed by atoms with Crippen LogP contribution < -0.4 is 0 Å². The second kappa shape index (κ2) is 10.4. The second-order valence-electron chi connectivity index (χ2n) is 8.95. The van der Waals surface area contributed by atoms with Gasteiger partial charge in [0.25, 0.3) is 0 Å². The van der Waals surface area contributed by atoms with Gasteiger partial charge in [0, 0.05) is 6.92 Å². The van der Waals surface area contributed by atoms with E-state index in [2.05, 4.69) is 38.8 Å². The molecule has 154 valence electrons. The van der Waals surface area contributed by atoms with Gasteiger partial charge < -0.3 is 18.8 Å². The Morgan fingerprint density at radius 2 is 1.58 bits per heavy atom. The van der Waals surface area contributed by atoms with Crippen LogP contribution in [0.5, 0.6) is 0 Å². The van der Waals surface area contributed by atoms with E-state index in [1.807, 2.05) is 14.1 Å². The average Bonchev–Trinajstić information content (AvgIpc) is 2.42. The zero-order chi connectivity index (χ0) is 20.7. The second-order valence-corrected chi connectivity index (χ2v) is 13.7. The van der Waals surface area contributed by atoms with Crippen LogP contribution in [0.15, 0.2) is 0 Å². The summed E-state index contributed by atoms with van der Waals surface area (Å²) in [6, 6.07) is 0. The van der Waals surface area contributed by atoms with Crippen LogP contribution in [0.2, 0.25) is 18.1 Å². The van der Waals surface area contributed by atoms with E-state index in [-0.39, 0.29) is 29.5 Å². The van der Waals surface area contributed by atoms with Gasteiger partial charge in [-0.3, -0.25) is 9.59 Å². The summed E-state index contributed by atoms with van der Waals surface area (Å²) in [6.45, 7) is 16.7. The summed E-state index contributed by atoms with van der Waals surface area (Å²) in [6.07, 6.45) is -0.197. The number of nitrogens with zero attached hydrogens (tertiary/aromatic N) is 1. The lowest BCUT2D eigenvalue weighted by atomic mass is 10.2. The number of ether oxygens (including phenoxy) is 2. The fourth-order valence-electron chi connectivity index (χ4n) is 1.94. The highest BCUT2D eigenvalue weighted by atomic mass is 28.4. The molecule has 0 amide bonds. The molecule has 0 aromatic rings. The highest BCUT2D eigenvalue weighted by Gasteiger charge is 2.39. The van der Waals surface area contributed by atoms with Crippen LogP contribution in [0.1, 0.15) is 54.4 Å². The van der Waals surface area contributed by atoms with Crippen LogP contribution >= 0.6 is 0 Å². The van der Waals surface area contributed by atoms with Gasteiger partial charge in [0.05, 0.1) is 18.4 Å². The van der Waals surface area contributed by atoms with E-state index in [1.54, 1.807) is 20.8 Å². The molecule has 0 bridgehead atoms. The van der Waals surface area contributed by atoms with Gasteiger partial charge in [-0.25, -0.2) is 0 Å². The molecule has 0 spiro atoms. The third-order valence-electron chi connectivity index (χ3n) is 4.61. The monoisotopic (exact) mass is 389 g/mol. The predicted octanol–water partition coefficient (Wildman–Crippen LogP) is 3.81. The van der Waals surface area contributed by atoms with Crippen LogP contribution in [-0.4, -0.2) is 58.2 Å². The summed E-state index contributed by atoms with van der Waals surface area (Å²) in [4.78, 5) is 26.0. The van der Waals surface area contributed by atoms with Crippen molar-refractivity contribution in [3.05, 3.63) is 0 Å². The molecule has 0 aromatic carbocycles. The molecule has 0 fully saturated rings. The number of carbonyl (C=O) groups excluding carboxylic acids is 2. The van der Waals surface area contributed by atoms with Crippen molar-refractivity contribution >= 4 is 20.3 Å². The maximum absolute atomic E-state index is 12.3. The molecular weight excluding hydrogens is 350 g/mol. The van der Waals surface area contributed by atoms with Crippen molar-refractivity contribution in [3.63, 3.8) is 0 Å². The van der Waals surface area contributed by atoms with Crippen molar-refractivity contribution in [3.8, 4) is 0 Å². The lowest BCUT2D eigenvalue weighted by Crippen LogP contribution is -2.45. The highest BCUT2D eigenvalue weighted by molar-refractivity contribution is 6.74. The van der Waals surface area contributed by atoms with Gasteiger partial charge in [-0.05, 0) is 45.2 Å². The van der Waals surface area contributed by atoms with Gasteiger partial charge >= 0.3 is 11.9 Å². The Balaban J connectivity index is 4.85. The number of carbonyl (C=O) groups is 2. The van der Waals surface area contributed by atoms with Gasteiger partial charge in [0.1, 0.15) is 0 Å². The largest absolute Gasteiger partial charge is 0.425 e. The van der Waals surface area contributed by atoms with E-state index < -0.39 is 20.6 Å². The first-order valence-electron chi connectivity index (χ1n) is 9.38. The minimum atomic E-state index is -2.00. The van der Waals surface area contributed by atoms with Gasteiger partial charge in [-0.2, -0.15) is 0 Å². The summed E-state index contributed by atoms with van der Waals surface area (Å²) in [7, 11) is 1.99. The van der Waals surface area contributed by atoms with Crippen LogP contribution in [0.3, 0.4) is 0 Å². The van der Waals surface area contributed by atoms with Crippen molar-refractivity contribution in [2.75, 3.05) is 20.6 Å². The zero-order valence-electron chi connectivity index (χ0n) is 18.3. The number of hydrogen-bond acceptors (Lipinski definition) is 6. The van der Waals surface area contributed by atoms with Gasteiger partial charge in [0.2, 0.25) is 6.29 Å². The molecular formula is C19H39NO5Si. The third-order valence-corrected chi connectivity index (χ3v) is 9.15. The Labute approximate surface area is 160 Å². The van der Waals surface area contributed by atoms with Crippen LogP contribution in [0, 0.1) is 5.92 Å². The molecule has 2 atom stereocenters. The lowest BCUT2D eigenvalue weighted by Gasteiger charge is -2.39.